The molecule has 1 nitrogen and oxygen atoms in total. The quantitative estimate of drug-likeness (QED) is 0.414. The summed E-state index contributed by atoms with van der Waals surface area (Å²) in [7, 11) is 0. The largest absolute Gasteiger partial charge is 0.247 e. The predicted octanol–water partition coefficient (Wildman–Crippen LogP) is 4.39. The van der Waals surface area contributed by atoms with Crippen LogP contribution in [0.2, 0.25) is 0 Å². The number of benzene rings is 3. The van der Waals surface area contributed by atoms with Crippen molar-refractivity contribution in [3.63, 3.8) is 0 Å². The Kier molecular flexibility index (Phi) is 1.61. The highest BCUT2D eigenvalue weighted by Crippen LogP contribution is 2.45. The van der Waals surface area contributed by atoms with Gasteiger partial charge in [-0.15, -0.1) is 0 Å². The third-order valence-corrected chi connectivity index (χ3v) is 3.33. The van der Waals surface area contributed by atoms with Gasteiger partial charge in [-0.3, -0.25) is 0 Å². The third kappa shape index (κ3) is 1.14. The second-order valence-corrected chi connectivity index (χ2v) is 4.31. The fourth-order valence-electron chi connectivity index (χ4n) is 2.51. The van der Waals surface area contributed by atoms with Crippen LogP contribution in [-0.2, 0) is 0 Å². The molecular formula is C16H10N. The van der Waals surface area contributed by atoms with E-state index in [0.29, 0.717) is 0 Å². The third-order valence-electron chi connectivity index (χ3n) is 3.33. The molecule has 1 heterocycles. The first kappa shape index (κ1) is 8.82. The van der Waals surface area contributed by atoms with Crippen LogP contribution >= 0.6 is 0 Å². The van der Waals surface area contributed by atoms with Crippen LogP contribution in [-0.4, -0.2) is 0 Å². The molecule has 79 valence electrons. The molecule has 0 N–H and O–H groups in total. The first-order valence-corrected chi connectivity index (χ1v) is 5.76. The van der Waals surface area contributed by atoms with Gasteiger partial charge in [0.25, 0.3) is 0 Å². The van der Waals surface area contributed by atoms with Gasteiger partial charge in [0.1, 0.15) is 0 Å². The smallest absolute Gasteiger partial charge is 0.0794 e. The van der Waals surface area contributed by atoms with Crippen LogP contribution in [0, 0.1) is 0 Å². The van der Waals surface area contributed by atoms with E-state index >= 15 is 0 Å². The lowest BCUT2D eigenvalue weighted by molar-refractivity contribution is 1.25. The first-order chi connectivity index (χ1) is 8.43. The van der Waals surface area contributed by atoms with Crippen molar-refractivity contribution < 1.29 is 0 Å². The van der Waals surface area contributed by atoms with E-state index in [-0.39, 0.29) is 0 Å². The van der Waals surface area contributed by atoms with Gasteiger partial charge in [-0.25, -0.2) is 5.32 Å². The van der Waals surface area contributed by atoms with E-state index in [1.165, 1.54) is 21.9 Å². The summed E-state index contributed by atoms with van der Waals surface area (Å²) in [5.41, 5.74) is 4.69. The number of hydrogen-bond acceptors (Lipinski definition) is 0. The fourth-order valence-corrected chi connectivity index (χ4v) is 2.51. The molecular weight excluding hydrogens is 206 g/mol. The summed E-state index contributed by atoms with van der Waals surface area (Å²) in [6, 6.07) is 21.1. The van der Waals surface area contributed by atoms with Gasteiger partial charge >= 0.3 is 0 Å². The Bertz CT molecular complexity index is 728. The Morgan fingerprint density at radius 1 is 0.647 bits per heavy atom. The monoisotopic (exact) mass is 216 g/mol. The van der Waals surface area contributed by atoms with E-state index in [9.17, 15) is 0 Å². The summed E-state index contributed by atoms with van der Waals surface area (Å²) >= 11 is 0. The Morgan fingerprint density at radius 3 is 2.47 bits per heavy atom. The molecule has 3 aromatic carbocycles. The van der Waals surface area contributed by atoms with Gasteiger partial charge in [-0.05, 0) is 11.5 Å². The number of nitrogens with zero attached hydrogens (tertiary/aromatic N) is 1. The SMILES string of the molecule is c1ccc2c(c1)[N]c1c-2ccc2ccccc12. The number of para-hydroxylation sites is 1. The zero-order valence-corrected chi connectivity index (χ0v) is 9.22. The van der Waals surface area contributed by atoms with Crippen molar-refractivity contribution in [2.45, 2.75) is 0 Å². The lowest BCUT2D eigenvalue weighted by Gasteiger charge is -2.03. The van der Waals surface area contributed by atoms with E-state index in [4.69, 9.17) is 5.32 Å². The Balaban J connectivity index is 2.11. The van der Waals surface area contributed by atoms with Crippen molar-refractivity contribution in [1.82, 2.24) is 5.32 Å². The minimum absolute atomic E-state index is 1.08. The van der Waals surface area contributed by atoms with Gasteiger partial charge in [0.15, 0.2) is 0 Å². The zero-order chi connectivity index (χ0) is 11.2. The summed E-state index contributed by atoms with van der Waals surface area (Å²) in [5, 5.41) is 7.23. The summed E-state index contributed by atoms with van der Waals surface area (Å²) in [6.45, 7) is 0. The molecule has 0 spiro atoms. The molecule has 0 amide bonds. The molecule has 0 aromatic heterocycles. The van der Waals surface area contributed by atoms with Crippen LogP contribution in [0.4, 0.5) is 11.4 Å². The second kappa shape index (κ2) is 3.11. The van der Waals surface area contributed by atoms with Crippen molar-refractivity contribution >= 4 is 22.1 Å². The van der Waals surface area contributed by atoms with Gasteiger partial charge in [-0.2, -0.15) is 0 Å². The summed E-state index contributed by atoms with van der Waals surface area (Å²) in [5.74, 6) is 0. The maximum Gasteiger partial charge on any atom is 0.0794 e. The number of rotatable bonds is 0. The average Bonchev–Trinajstić information content (AvgIpc) is 2.78. The molecule has 0 aliphatic carbocycles. The van der Waals surface area contributed by atoms with Crippen molar-refractivity contribution in [1.29, 1.82) is 0 Å². The molecule has 0 saturated heterocycles. The zero-order valence-electron chi connectivity index (χ0n) is 9.22. The summed E-state index contributed by atoms with van der Waals surface area (Å²) < 4.78 is 0. The molecule has 0 atom stereocenters. The van der Waals surface area contributed by atoms with Gasteiger partial charge in [0.05, 0.1) is 11.4 Å². The second-order valence-electron chi connectivity index (χ2n) is 4.31. The Labute approximate surface area is 99.7 Å². The number of hydrogen-bond donors (Lipinski definition) is 0. The van der Waals surface area contributed by atoms with Crippen LogP contribution in [0.1, 0.15) is 0 Å². The van der Waals surface area contributed by atoms with Crippen molar-refractivity contribution in [3.05, 3.63) is 60.7 Å². The number of fused-ring (bicyclic) bond motifs is 5. The summed E-state index contributed by atoms with van der Waals surface area (Å²) in [4.78, 5) is 0. The van der Waals surface area contributed by atoms with Crippen LogP contribution in [0.25, 0.3) is 21.9 Å². The van der Waals surface area contributed by atoms with E-state index in [1.807, 2.05) is 6.07 Å². The molecule has 3 aromatic rings. The minimum atomic E-state index is 1.08. The molecule has 1 radical (unpaired) electrons. The standard InChI is InChI=1S/C16H10N/c1-2-6-12-11(5-1)9-10-14-13-7-3-4-8-15(13)17-16(12)14/h1-10H. The molecule has 0 unspecified atom stereocenters. The van der Waals surface area contributed by atoms with Crippen LogP contribution in [0.5, 0.6) is 0 Å². The molecule has 1 aliphatic heterocycles. The van der Waals surface area contributed by atoms with Crippen LogP contribution < -0.4 is 5.32 Å². The van der Waals surface area contributed by atoms with Gasteiger partial charge in [0, 0.05) is 16.5 Å². The molecule has 0 fully saturated rings. The minimum Gasteiger partial charge on any atom is -0.247 e. The van der Waals surface area contributed by atoms with E-state index in [0.717, 1.165) is 11.4 Å². The van der Waals surface area contributed by atoms with Gasteiger partial charge in [0.2, 0.25) is 0 Å². The highest BCUT2D eigenvalue weighted by Gasteiger charge is 2.20. The Hall–Kier alpha value is -2.28. The first-order valence-electron chi connectivity index (χ1n) is 5.76. The molecule has 1 aliphatic rings. The summed E-state index contributed by atoms with van der Waals surface area (Å²) in [6.07, 6.45) is 0. The molecule has 1 heteroatoms. The Morgan fingerprint density at radius 2 is 1.47 bits per heavy atom. The van der Waals surface area contributed by atoms with E-state index < -0.39 is 0 Å². The molecule has 0 saturated carbocycles. The maximum atomic E-state index is 4.74. The van der Waals surface area contributed by atoms with Gasteiger partial charge in [-0.1, -0.05) is 54.6 Å². The lowest BCUT2D eigenvalue weighted by Crippen LogP contribution is -1.83. The molecule has 0 bridgehead atoms. The molecule has 4 rings (SSSR count). The molecule has 17 heavy (non-hydrogen) atoms. The van der Waals surface area contributed by atoms with Gasteiger partial charge < -0.3 is 0 Å². The van der Waals surface area contributed by atoms with Crippen molar-refractivity contribution in [3.8, 4) is 11.1 Å². The van der Waals surface area contributed by atoms with Crippen molar-refractivity contribution in [2.24, 2.45) is 0 Å². The van der Waals surface area contributed by atoms with E-state index in [1.54, 1.807) is 0 Å². The average molecular weight is 216 g/mol. The maximum absolute atomic E-state index is 4.74. The van der Waals surface area contributed by atoms with Crippen LogP contribution in [0.15, 0.2) is 60.7 Å². The fraction of sp³-hybridized carbons (Fsp3) is 0. The van der Waals surface area contributed by atoms with Crippen LogP contribution in [0.3, 0.4) is 0 Å². The van der Waals surface area contributed by atoms with E-state index in [2.05, 4.69) is 54.6 Å². The lowest BCUT2D eigenvalue weighted by atomic mass is 10.0. The highest BCUT2D eigenvalue weighted by atomic mass is 14.9. The normalized spacial score (nSPS) is 12.0. The van der Waals surface area contributed by atoms with Crippen molar-refractivity contribution in [2.75, 3.05) is 0 Å². The topological polar surface area (TPSA) is 14.1 Å². The highest BCUT2D eigenvalue weighted by molar-refractivity contribution is 6.05. The predicted molar refractivity (Wildman–Crippen MR) is 70.8 cm³/mol.